The number of anilines is 1. The number of hydrogen-bond donors (Lipinski definition) is 0. The monoisotopic (exact) mass is 285 g/mol. The van der Waals surface area contributed by atoms with Gasteiger partial charge in [0.2, 0.25) is 11.2 Å². The van der Waals surface area contributed by atoms with Crippen LogP contribution in [0.2, 0.25) is 10.4 Å². The molecular formula is C11H13Cl2N5. The summed E-state index contributed by atoms with van der Waals surface area (Å²) < 4.78 is 1.94. The summed E-state index contributed by atoms with van der Waals surface area (Å²) in [4.78, 5) is 14.9. The molecule has 5 nitrogen and oxygen atoms in total. The molecule has 18 heavy (non-hydrogen) atoms. The van der Waals surface area contributed by atoms with E-state index in [9.17, 15) is 0 Å². The van der Waals surface area contributed by atoms with Crippen LogP contribution in [0.15, 0.2) is 0 Å². The molecule has 0 atom stereocenters. The Balaban J connectivity index is 2.13. The molecule has 1 saturated heterocycles. The number of piperidine rings is 1. The zero-order valence-electron chi connectivity index (χ0n) is 10.0. The van der Waals surface area contributed by atoms with Gasteiger partial charge >= 0.3 is 0 Å². The van der Waals surface area contributed by atoms with Crippen LogP contribution in [0.3, 0.4) is 0 Å². The van der Waals surface area contributed by atoms with Crippen molar-refractivity contribution in [1.29, 1.82) is 0 Å². The van der Waals surface area contributed by atoms with Gasteiger partial charge in [0.15, 0.2) is 10.8 Å². The lowest BCUT2D eigenvalue weighted by molar-refractivity contribution is 0.563. The molecular weight excluding hydrogens is 273 g/mol. The first kappa shape index (κ1) is 12.0. The van der Waals surface area contributed by atoms with Crippen LogP contribution in [0.25, 0.3) is 11.2 Å². The molecule has 2 aromatic rings. The lowest BCUT2D eigenvalue weighted by atomic mass is 10.1. The quantitative estimate of drug-likeness (QED) is 0.597. The van der Waals surface area contributed by atoms with Crippen LogP contribution < -0.4 is 4.90 Å². The average molecular weight is 286 g/mol. The van der Waals surface area contributed by atoms with Gasteiger partial charge in [0.05, 0.1) is 0 Å². The van der Waals surface area contributed by atoms with E-state index in [4.69, 9.17) is 23.2 Å². The van der Waals surface area contributed by atoms with Crippen molar-refractivity contribution >= 4 is 40.3 Å². The van der Waals surface area contributed by atoms with Crippen molar-refractivity contribution in [2.45, 2.75) is 19.3 Å². The van der Waals surface area contributed by atoms with Gasteiger partial charge < -0.3 is 9.47 Å². The van der Waals surface area contributed by atoms with E-state index in [1.165, 1.54) is 19.3 Å². The molecule has 0 bridgehead atoms. The molecule has 0 radical (unpaired) electrons. The fourth-order valence-corrected chi connectivity index (χ4v) is 2.90. The maximum Gasteiger partial charge on any atom is 0.225 e. The number of aryl methyl sites for hydroxylation is 1. The first-order valence-corrected chi connectivity index (χ1v) is 6.73. The van der Waals surface area contributed by atoms with Gasteiger partial charge in [0.25, 0.3) is 0 Å². The summed E-state index contributed by atoms with van der Waals surface area (Å²) in [5.41, 5.74) is 1.30. The van der Waals surface area contributed by atoms with Gasteiger partial charge in [-0.15, -0.1) is 0 Å². The Bertz CT molecular complexity index is 589. The van der Waals surface area contributed by atoms with Crippen molar-refractivity contribution in [2.75, 3.05) is 18.0 Å². The second-order valence-corrected chi connectivity index (χ2v) is 5.17. The van der Waals surface area contributed by atoms with E-state index in [-0.39, 0.29) is 5.28 Å². The molecule has 96 valence electrons. The number of fused-ring (bicyclic) bond motifs is 1. The van der Waals surface area contributed by atoms with Crippen LogP contribution in [0.1, 0.15) is 19.3 Å². The van der Waals surface area contributed by atoms with E-state index in [1.54, 1.807) is 0 Å². The second-order valence-electron chi connectivity index (χ2n) is 4.47. The summed E-state index contributed by atoms with van der Waals surface area (Å²) in [7, 11) is 1.93. The second kappa shape index (κ2) is 4.55. The summed E-state index contributed by atoms with van der Waals surface area (Å²) >= 11 is 11.9. The van der Waals surface area contributed by atoms with Gasteiger partial charge in [0.1, 0.15) is 5.52 Å². The van der Waals surface area contributed by atoms with E-state index in [0.29, 0.717) is 10.8 Å². The Hall–Kier alpha value is -1.07. The number of rotatable bonds is 1. The zero-order chi connectivity index (χ0) is 12.7. The highest BCUT2D eigenvalue weighted by molar-refractivity contribution is 6.35. The maximum absolute atomic E-state index is 6.10. The largest absolute Gasteiger partial charge is 0.342 e. The molecule has 0 N–H and O–H groups in total. The topological polar surface area (TPSA) is 46.8 Å². The Kier molecular flexibility index (Phi) is 3.03. The van der Waals surface area contributed by atoms with Crippen molar-refractivity contribution < 1.29 is 0 Å². The maximum atomic E-state index is 6.10. The highest BCUT2D eigenvalue weighted by atomic mass is 35.5. The first-order valence-electron chi connectivity index (χ1n) is 5.97. The number of halogens is 2. The van der Waals surface area contributed by atoms with Gasteiger partial charge in [-0.05, 0) is 30.9 Å². The lowest BCUT2D eigenvalue weighted by Crippen LogP contribution is -2.31. The zero-order valence-corrected chi connectivity index (χ0v) is 11.5. The number of imidazole rings is 1. The summed E-state index contributed by atoms with van der Waals surface area (Å²) in [6.45, 7) is 2.05. The minimum Gasteiger partial charge on any atom is -0.342 e. The molecule has 0 amide bonds. The third-order valence-electron chi connectivity index (χ3n) is 3.28. The Morgan fingerprint density at radius 2 is 1.72 bits per heavy atom. The smallest absolute Gasteiger partial charge is 0.225 e. The molecule has 0 unspecified atom stereocenters. The highest BCUT2D eigenvalue weighted by Crippen LogP contribution is 2.27. The normalized spacial score (nSPS) is 16.5. The third kappa shape index (κ3) is 1.91. The Morgan fingerprint density at radius 3 is 2.44 bits per heavy atom. The van der Waals surface area contributed by atoms with Gasteiger partial charge in [0, 0.05) is 20.1 Å². The number of aromatic nitrogens is 4. The van der Waals surface area contributed by atoms with Gasteiger partial charge in [-0.3, -0.25) is 0 Å². The van der Waals surface area contributed by atoms with Gasteiger partial charge in [-0.1, -0.05) is 11.6 Å². The SMILES string of the molecule is Cn1c(N2CCCCC2)nc2nc(Cl)nc(Cl)c21. The average Bonchev–Trinajstić information content (AvgIpc) is 2.67. The number of hydrogen-bond acceptors (Lipinski definition) is 4. The lowest BCUT2D eigenvalue weighted by Gasteiger charge is -2.27. The molecule has 1 aliphatic heterocycles. The summed E-state index contributed by atoms with van der Waals surface area (Å²) in [6, 6.07) is 0. The van der Waals surface area contributed by atoms with Crippen molar-refractivity contribution in [3.05, 3.63) is 10.4 Å². The van der Waals surface area contributed by atoms with Crippen LogP contribution in [-0.2, 0) is 7.05 Å². The van der Waals surface area contributed by atoms with Crippen molar-refractivity contribution in [2.24, 2.45) is 7.05 Å². The minimum atomic E-state index is 0.135. The van der Waals surface area contributed by atoms with E-state index in [1.807, 2.05) is 11.6 Å². The molecule has 0 aromatic carbocycles. The fraction of sp³-hybridized carbons (Fsp3) is 0.545. The van der Waals surface area contributed by atoms with Crippen LogP contribution in [0.5, 0.6) is 0 Å². The number of nitrogens with zero attached hydrogens (tertiary/aromatic N) is 5. The van der Waals surface area contributed by atoms with Crippen LogP contribution in [0.4, 0.5) is 5.95 Å². The molecule has 1 fully saturated rings. The minimum absolute atomic E-state index is 0.135. The predicted octanol–water partition coefficient (Wildman–Crippen LogP) is 2.66. The van der Waals surface area contributed by atoms with E-state index >= 15 is 0 Å². The summed E-state index contributed by atoms with van der Waals surface area (Å²) in [5, 5.41) is 0.485. The van der Waals surface area contributed by atoms with Gasteiger partial charge in [-0.25, -0.2) is 4.98 Å². The van der Waals surface area contributed by atoms with E-state index in [2.05, 4.69) is 19.9 Å². The molecule has 0 aliphatic carbocycles. The molecule has 7 heteroatoms. The molecule has 1 aliphatic rings. The summed E-state index contributed by atoms with van der Waals surface area (Å²) in [5.74, 6) is 0.892. The van der Waals surface area contributed by atoms with E-state index < -0.39 is 0 Å². The standard InChI is InChI=1S/C11H13Cl2N5/c1-17-7-8(12)14-10(13)15-9(7)16-11(17)18-5-3-2-4-6-18/h2-6H2,1H3. The third-order valence-corrected chi connectivity index (χ3v) is 3.71. The molecule has 2 aromatic heterocycles. The molecule has 3 heterocycles. The molecule has 0 saturated carbocycles. The summed E-state index contributed by atoms with van der Waals surface area (Å²) in [6.07, 6.45) is 3.68. The molecule has 0 spiro atoms. The highest BCUT2D eigenvalue weighted by Gasteiger charge is 2.20. The first-order chi connectivity index (χ1) is 8.66. The van der Waals surface area contributed by atoms with Crippen LogP contribution in [0, 0.1) is 0 Å². The molecule has 3 rings (SSSR count). The van der Waals surface area contributed by atoms with Crippen LogP contribution in [-0.4, -0.2) is 32.6 Å². The fourth-order valence-electron chi connectivity index (χ4n) is 2.40. The van der Waals surface area contributed by atoms with Crippen molar-refractivity contribution in [3.8, 4) is 0 Å². The van der Waals surface area contributed by atoms with Crippen LogP contribution >= 0.6 is 23.2 Å². The van der Waals surface area contributed by atoms with E-state index in [0.717, 1.165) is 24.6 Å². The van der Waals surface area contributed by atoms with Crippen molar-refractivity contribution in [1.82, 2.24) is 19.5 Å². The Morgan fingerprint density at radius 1 is 1.00 bits per heavy atom. The predicted molar refractivity (Wildman–Crippen MR) is 72.4 cm³/mol. The Labute approximate surface area is 115 Å². The van der Waals surface area contributed by atoms with Gasteiger partial charge in [-0.2, -0.15) is 9.97 Å². The van der Waals surface area contributed by atoms with Crippen molar-refractivity contribution in [3.63, 3.8) is 0 Å².